The lowest BCUT2D eigenvalue weighted by molar-refractivity contribution is 0.234. The molecule has 0 bridgehead atoms. The van der Waals surface area contributed by atoms with E-state index < -0.39 is 0 Å². The zero-order chi connectivity index (χ0) is 15.2. The smallest absolute Gasteiger partial charge is 0.321 e. The molecule has 0 atom stereocenters. The van der Waals surface area contributed by atoms with Crippen molar-refractivity contribution in [3.63, 3.8) is 0 Å². The number of benzene rings is 2. The van der Waals surface area contributed by atoms with Gasteiger partial charge in [0.15, 0.2) is 6.73 Å². The number of hydrogen-bond donors (Lipinski definition) is 3. The zero-order valence-corrected chi connectivity index (χ0v) is 12.1. The van der Waals surface area contributed by atoms with E-state index in [9.17, 15) is 4.79 Å². The van der Waals surface area contributed by atoms with Crippen molar-refractivity contribution >= 4 is 17.4 Å². The molecule has 2 rings (SSSR count). The third-order valence-corrected chi connectivity index (χ3v) is 2.96. The number of nitrogen functional groups attached to an aromatic ring is 1. The Labute approximate surface area is 124 Å². The average molecular weight is 285 g/mol. The van der Waals surface area contributed by atoms with Gasteiger partial charge in [0.25, 0.3) is 0 Å². The van der Waals surface area contributed by atoms with E-state index in [1.54, 1.807) is 24.3 Å². The van der Waals surface area contributed by atoms with Crippen molar-refractivity contribution in [1.82, 2.24) is 5.32 Å². The summed E-state index contributed by atoms with van der Waals surface area (Å²) in [6.07, 6.45) is 0. The Kier molecular flexibility index (Phi) is 4.66. The number of urea groups is 1. The largest absolute Gasteiger partial charge is 0.473 e. The molecule has 0 unspecified atom stereocenters. The van der Waals surface area contributed by atoms with Crippen molar-refractivity contribution in [3.8, 4) is 5.75 Å². The van der Waals surface area contributed by atoms with Crippen LogP contribution in [0.2, 0.25) is 0 Å². The molecule has 2 aromatic rings. The summed E-state index contributed by atoms with van der Waals surface area (Å²) < 4.78 is 5.53. The maximum absolute atomic E-state index is 11.7. The second kappa shape index (κ2) is 6.65. The quantitative estimate of drug-likeness (QED) is 0.597. The summed E-state index contributed by atoms with van der Waals surface area (Å²) in [6, 6.07) is 12.5. The number of aryl methyl sites for hydroxylation is 2. The van der Waals surface area contributed by atoms with E-state index in [1.807, 2.05) is 32.0 Å². The van der Waals surface area contributed by atoms with E-state index in [1.165, 1.54) is 5.56 Å². The number of ether oxygens (including phenoxy) is 1. The minimum absolute atomic E-state index is 0.102. The monoisotopic (exact) mass is 285 g/mol. The maximum Gasteiger partial charge on any atom is 0.321 e. The Morgan fingerprint density at radius 1 is 1.14 bits per heavy atom. The summed E-state index contributed by atoms with van der Waals surface area (Å²) in [5.41, 5.74) is 9.12. The Bertz CT molecular complexity index is 624. The van der Waals surface area contributed by atoms with E-state index >= 15 is 0 Å². The van der Waals surface area contributed by atoms with Crippen LogP contribution in [0.4, 0.5) is 16.2 Å². The first-order valence-corrected chi connectivity index (χ1v) is 6.65. The molecule has 5 heteroatoms. The normalized spacial score (nSPS) is 10.0. The summed E-state index contributed by atoms with van der Waals surface area (Å²) in [5, 5.41) is 5.33. The molecule has 0 heterocycles. The fourth-order valence-electron chi connectivity index (χ4n) is 1.88. The highest BCUT2D eigenvalue weighted by Crippen LogP contribution is 2.18. The number of nitrogens with two attached hydrogens (primary N) is 1. The molecule has 0 spiro atoms. The fraction of sp³-hybridized carbons (Fsp3) is 0.188. The van der Waals surface area contributed by atoms with Gasteiger partial charge in [-0.3, -0.25) is 0 Å². The molecule has 0 aliphatic rings. The highest BCUT2D eigenvalue weighted by molar-refractivity contribution is 5.89. The van der Waals surface area contributed by atoms with Gasteiger partial charge in [0.05, 0.1) is 0 Å². The number of amides is 2. The van der Waals surface area contributed by atoms with Crippen LogP contribution in [0.3, 0.4) is 0 Å². The van der Waals surface area contributed by atoms with Gasteiger partial charge in [-0.15, -0.1) is 0 Å². The molecule has 4 N–H and O–H groups in total. The minimum Gasteiger partial charge on any atom is -0.473 e. The van der Waals surface area contributed by atoms with Crippen molar-refractivity contribution in [1.29, 1.82) is 0 Å². The summed E-state index contributed by atoms with van der Waals surface area (Å²) in [4.78, 5) is 11.7. The number of rotatable bonds is 4. The van der Waals surface area contributed by atoms with Crippen molar-refractivity contribution in [3.05, 3.63) is 53.6 Å². The fourth-order valence-corrected chi connectivity index (χ4v) is 1.88. The Balaban J connectivity index is 1.80. The maximum atomic E-state index is 11.7. The molecule has 0 saturated carbocycles. The van der Waals surface area contributed by atoms with E-state index in [0.29, 0.717) is 11.4 Å². The summed E-state index contributed by atoms with van der Waals surface area (Å²) in [5.74, 6) is 0.758. The van der Waals surface area contributed by atoms with Crippen molar-refractivity contribution < 1.29 is 9.53 Å². The number of nitrogens with one attached hydrogen (secondary N) is 2. The first kappa shape index (κ1) is 14.7. The molecular formula is C16H19N3O2. The lowest BCUT2D eigenvalue weighted by Gasteiger charge is -2.11. The van der Waals surface area contributed by atoms with Gasteiger partial charge in [0.2, 0.25) is 0 Å². The molecule has 0 fully saturated rings. The first-order chi connectivity index (χ1) is 10.0. The Morgan fingerprint density at radius 3 is 2.52 bits per heavy atom. The van der Waals surface area contributed by atoms with Crippen LogP contribution in [0.25, 0.3) is 0 Å². The molecule has 0 aliphatic carbocycles. The highest BCUT2D eigenvalue weighted by atomic mass is 16.5. The topological polar surface area (TPSA) is 76.4 Å². The average Bonchev–Trinajstić information content (AvgIpc) is 2.44. The van der Waals surface area contributed by atoms with Crippen molar-refractivity contribution in [2.45, 2.75) is 13.8 Å². The van der Waals surface area contributed by atoms with Gasteiger partial charge >= 0.3 is 6.03 Å². The molecule has 0 radical (unpaired) electrons. The van der Waals surface area contributed by atoms with E-state index in [2.05, 4.69) is 10.6 Å². The van der Waals surface area contributed by atoms with E-state index in [-0.39, 0.29) is 12.8 Å². The zero-order valence-electron chi connectivity index (χ0n) is 12.1. The molecule has 2 amide bonds. The molecule has 110 valence electrons. The summed E-state index contributed by atoms with van der Waals surface area (Å²) in [6.45, 7) is 4.09. The number of hydrogen-bond acceptors (Lipinski definition) is 3. The van der Waals surface area contributed by atoms with Gasteiger partial charge in [-0.1, -0.05) is 17.7 Å². The standard InChI is InChI=1S/C16H19N3O2/c1-11-3-8-15(12(2)9-11)21-10-18-16(20)19-14-6-4-13(17)5-7-14/h3-9H,10,17H2,1-2H3,(H2,18,19,20). The van der Waals surface area contributed by atoms with Gasteiger partial charge in [-0.05, 0) is 49.7 Å². The second-order valence-corrected chi connectivity index (χ2v) is 4.81. The Morgan fingerprint density at radius 2 is 1.86 bits per heavy atom. The Hall–Kier alpha value is -2.69. The van der Waals surface area contributed by atoms with E-state index in [4.69, 9.17) is 10.5 Å². The summed E-state index contributed by atoms with van der Waals surface area (Å²) >= 11 is 0. The molecule has 0 aromatic heterocycles. The molecule has 0 aliphatic heterocycles. The predicted octanol–water partition coefficient (Wildman–Crippen LogP) is 3.04. The SMILES string of the molecule is Cc1ccc(OCNC(=O)Nc2ccc(N)cc2)c(C)c1. The number of anilines is 2. The van der Waals surface area contributed by atoms with Crippen molar-refractivity contribution in [2.24, 2.45) is 0 Å². The summed E-state index contributed by atoms with van der Waals surface area (Å²) in [7, 11) is 0. The number of carbonyl (C=O) groups is 1. The molecule has 21 heavy (non-hydrogen) atoms. The van der Waals surface area contributed by atoms with Crippen LogP contribution in [0, 0.1) is 13.8 Å². The van der Waals surface area contributed by atoms with Gasteiger partial charge < -0.3 is 21.1 Å². The van der Waals surface area contributed by atoms with Gasteiger partial charge in [0.1, 0.15) is 5.75 Å². The van der Waals surface area contributed by atoms with Gasteiger partial charge in [-0.2, -0.15) is 0 Å². The highest BCUT2D eigenvalue weighted by Gasteiger charge is 2.03. The first-order valence-electron chi connectivity index (χ1n) is 6.65. The van der Waals surface area contributed by atoms with Crippen LogP contribution in [0.5, 0.6) is 5.75 Å². The van der Waals surface area contributed by atoms with Crippen LogP contribution >= 0.6 is 0 Å². The van der Waals surface area contributed by atoms with Crippen molar-refractivity contribution in [2.75, 3.05) is 17.8 Å². The van der Waals surface area contributed by atoms with Crippen LogP contribution in [-0.4, -0.2) is 12.8 Å². The van der Waals surface area contributed by atoms with Crippen LogP contribution in [-0.2, 0) is 0 Å². The molecule has 2 aromatic carbocycles. The predicted molar refractivity (Wildman–Crippen MR) is 84.4 cm³/mol. The van der Waals surface area contributed by atoms with E-state index in [0.717, 1.165) is 11.3 Å². The van der Waals surface area contributed by atoms with Gasteiger partial charge in [0, 0.05) is 11.4 Å². The number of carbonyl (C=O) groups excluding carboxylic acids is 1. The van der Waals surface area contributed by atoms with Crippen LogP contribution in [0.1, 0.15) is 11.1 Å². The second-order valence-electron chi connectivity index (χ2n) is 4.81. The van der Waals surface area contributed by atoms with Gasteiger partial charge in [-0.25, -0.2) is 4.79 Å². The lowest BCUT2D eigenvalue weighted by Crippen LogP contribution is -2.32. The minimum atomic E-state index is -0.329. The van der Waals surface area contributed by atoms with Crippen LogP contribution in [0.15, 0.2) is 42.5 Å². The lowest BCUT2D eigenvalue weighted by atomic mass is 10.1. The van der Waals surface area contributed by atoms with Crippen LogP contribution < -0.4 is 21.1 Å². The third-order valence-electron chi connectivity index (χ3n) is 2.96. The third kappa shape index (κ3) is 4.42. The molecular weight excluding hydrogens is 266 g/mol. The molecule has 0 saturated heterocycles. The molecule has 5 nitrogen and oxygen atoms in total.